The van der Waals surface area contributed by atoms with Crippen molar-refractivity contribution in [3.8, 4) is 0 Å². The second-order valence-electron chi connectivity index (χ2n) is 15.5. The first-order valence-corrected chi connectivity index (χ1v) is 17.2. The first kappa shape index (κ1) is 30.7. The molecule has 226 valence electrons. The van der Waals surface area contributed by atoms with Gasteiger partial charge in [-0.05, 0) is 101 Å². The van der Waals surface area contributed by atoms with E-state index in [0.29, 0.717) is 35.6 Å². The molecular formula is C33H58N6S. The molecule has 0 amide bonds. The van der Waals surface area contributed by atoms with Crippen LogP contribution in [0.2, 0.25) is 0 Å². The first-order chi connectivity index (χ1) is 19.0. The first-order valence-electron chi connectivity index (χ1n) is 16.4. The maximum Gasteiger partial charge on any atom is 0.0690 e. The monoisotopic (exact) mass is 570 g/mol. The fraction of sp³-hybridized carbons (Fsp3) is 0.848. The Morgan fingerprint density at radius 3 is 2.58 bits per heavy atom. The van der Waals surface area contributed by atoms with Gasteiger partial charge < -0.3 is 0 Å². The third-order valence-electron chi connectivity index (χ3n) is 10.1. The van der Waals surface area contributed by atoms with E-state index in [1.54, 1.807) is 0 Å². The van der Waals surface area contributed by atoms with Crippen molar-refractivity contribution in [2.24, 2.45) is 23.2 Å². The highest BCUT2D eigenvalue weighted by Gasteiger charge is 2.47. The average Bonchev–Trinajstić information content (AvgIpc) is 3.19. The minimum atomic E-state index is 0.211. The standard InChI is InChI=1S/C33H58N6S/c1-22(2)17-23-11-14-26(34-19-23)27-15-12-24-18-33(6,7)39(21-24)31-25(13-16-28(37-31)32(3,4)5)20-35-40-30-10-8-9-29(36-27)38-30/h11,14,19,22,24-25,27-31,35-38H,8-10,12-13,15-18,20-21H2,1-7H3/t24-,25?,27?,28?,29?,30?,31?/m0/s1. The SMILES string of the molecule is CC(C)Cc1ccc(C2CC[C@@H]3CN(C4NC(C(C)(C)C)CCC4CNSC4CCCC(N4)N2)C(C)(C)C3)nc1. The van der Waals surface area contributed by atoms with Crippen molar-refractivity contribution in [3.63, 3.8) is 0 Å². The molecule has 4 saturated heterocycles. The van der Waals surface area contributed by atoms with E-state index in [1.165, 1.54) is 62.7 Å². The zero-order valence-corrected chi connectivity index (χ0v) is 27.2. The topological polar surface area (TPSA) is 64.2 Å². The van der Waals surface area contributed by atoms with Gasteiger partial charge in [-0.1, -0.05) is 52.6 Å². The number of piperidine rings is 2. The molecule has 1 aromatic heterocycles. The Hall–Kier alpha value is -0.700. The molecule has 7 heteroatoms. The van der Waals surface area contributed by atoms with Crippen molar-refractivity contribution in [3.05, 3.63) is 29.6 Å². The number of nitrogens with one attached hydrogen (secondary N) is 4. The van der Waals surface area contributed by atoms with Crippen molar-refractivity contribution in [1.29, 1.82) is 0 Å². The number of fused-ring (bicyclic) bond motifs is 6. The molecule has 40 heavy (non-hydrogen) atoms. The molecule has 0 saturated carbocycles. The van der Waals surface area contributed by atoms with E-state index in [2.05, 4.69) is 92.4 Å². The van der Waals surface area contributed by atoms with E-state index in [-0.39, 0.29) is 17.0 Å². The Balaban J connectivity index is 1.37. The molecule has 0 aliphatic carbocycles. The van der Waals surface area contributed by atoms with Crippen LogP contribution in [0.25, 0.3) is 0 Å². The van der Waals surface area contributed by atoms with Crippen molar-refractivity contribution < 1.29 is 0 Å². The van der Waals surface area contributed by atoms with Gasteiger partial charge >= 0.3 is 0 Å². The number of nitrogens with zero attached hydrogens (tertiary/aromatic N) is 2. The molecule has 0 radical (unpaired) electrons. The molecule has 0 aromatic carbocycles. The lowest BCUT2D eigenvalue weighted by Gasteiger charge is -2.50. The Bertz CT molecular complexity index is 943. The summed E-state index contributed by atoms with van der Waals surface area (Å²) in [6.45, 7) is 19.1. The number of rotatable bonds is 3. The molecule has 4 fully saturated rings. The Kier molecular flexibility index (Phi) is 9.91. The van der Waals surface area contributed by atoms with Gasteiger partial charge in [0.25, 0.3) is 0 Å². The fourth-order valence-electron chi connectivity index (χ4n) is 7.88. The summed E-state index contributed by atoms with van der Waals surface area (Å²) >= 11 is 1.93. The normalized spacial score (nSPS) is 37.4. The predicted octanol–water partition coefficient (Wildman–Crippen LogP) is 6.21. The van der Waals surface area contributed by atoms with Crippen LogP contribution >= 0.6 is 11.9 Å². The number of hydrogen-bond acceptors (Lipinski definition) is 7. The van der Waals surface area contributed by atoms with Crippen molar-refractivity contribution in [1.82, 2.24) is 30.6 Å². The zero-order valence-electron chi connectivity index (χ0n) is 26.4. The number of pyridine rings is 1. The van der Waals surface area contributed by atoms with Crippen LogP contribution in [0.3, 0.4) is 0 Å². The van der Waals surface area contributed by atoms with Crippen LogP contribution in [0, 0.1) is 23.2 Å². The predicted molar refractivity (Wildman–Crippen MR) is 170 cm³/mol. The zero-order chi connectivity index (χ0) is 28.5. The molecule has 4 bridgehead atoms. The van der Waals surface area contributed by atoms with Gasteiger partial charge in [-0.3, -0.25) is 30.6 Å². The summed E-state index contributed by atoms with van der Waals surface area (Å²) in [6.07, 6.45) is 13.9. The maximum absolute atomic E-state index is 5.02. The van der Waals surface area contributed by atoms with Gasteiger partial charge in [-0.25, -0.2) is 0 Å². The van der Waals surface area contributed by atoms with Gasteiger partial charge in [-0.15, -0.1) is 0 Å². The fourth-order valence-corrected chi connectivity index (χ4v) is 8.91. The summed E-state index contributed by atoms with van der Waals surface area (Å²) in [5.74, 6) is 2.01. The molecule has 6 nitrogen and oxygen atoms in total. The lowest BCUT2D eigenvalue weighted by molar-refractivity contribution is 0.00552. The summed E-state index contributed by atoms with van der Waals surface area (Å²) in [5, 5.41) is 12.6. The number of hydrogen-bond donors (Lipinski definition) is 4. The van der Waals surface area contributed by atoms with Gasteiger partial charge in [0.05, 0.1) is 29.4 Å². The van der Waals surface area contributed by atoms with E-state index in [0.717, 1.165) is 25.3 Å². The van der Waals surface area contributed by atoms with E-state index >= 15 is 0 Å². The summed E-state index contributed by atoms with van der Waals surface area (Å²) in [7, 11) is 0. The maximum atomic E-state index is 5.02. The van der Waals surface area contributed by atoms with Gasteiger partial charge in [0.15, 0.2) is 0 Å². The molecule has 4 N–H and O–H groups in total. The highest BCUT2D eigenvalue weighted by Crippen LogP contribution is 2.42. The quantitative estimate of drug-likeness (QED) is 0.322. The van der Waals surface area contributed by atoms with Crippen LogP contribution in [-0.2, 0) is 6.42 Å². The second kappa shape index (κ2) is 12.9. The van der Waals surface area contributed by atoms with Crippen molar-refractivity contribution >= 4 is 11.9 Å². The van der Waals surface area contributed by atoms with Gasteiger partial charge in [0.2, 0.25) is 0 Å². The van der Waals surface area contributed by atoms with E-state index in [9.17, 15) is 0 Å². The highest BCUT2D eigenvalue weighted by molar-refractivity contribution is 7.98. The molecule has 0 spiro atoms. The van der Waals surface area contributed by atoms with Crippen LogP contribution in [0.5, 0.6) is 0 Å². The van der Waals surface area contributed by atoms with Crippen LogP contribution in [0.1, 0.15) is 117 Å². The Morgan fingerprint density at radius 1 is 1.02 bits per heavy atom. The Morgan fingerprint density at radius 2 is 1.85 bits per heavy atom. The third-order valence-corrected chi connectivity index (χ3v) is 11.1. The minimum absolute atomic E-state index is 0.211. The molecule has 4 aliphatic rings. The summed E-state index contributed by atoms with van der Waals surface area (Å²) in [6, 6.07) is 5.47. The van der Waals surface area contributed by atoms with Gasteiger partial charge in [0, 0.05) is 36.8 Å². The van der Waals surface area contributed by atoms with E-state index in [4.69, 9.17) is 4.98 Å². The smallest absolute Gasteiger partial charge is 0.0690 e. The number of aromatic nitrogens is 1. The molecule has 7 unspecified atom stereocenters. The molecule has 8 atom stereocenters. The van der Waals surface area contributed by atoms with Crippen LogP contribution in [-0.4, -0.2) is 52.3 Å². The molecule has 1 aromatic rings. The lowest BCUT2D eigenvalue weighted by Crippen LogP contribution is -2.63. The van der Waals surface area contributed by atoms with Gasteiger partial charge in [-0.2, -0.15) is 0 Å². The van der Waals surface area contributed by atoms with E-state index in [1.807, 2.05) is 11.9 Å². The summed E-state index contributed by atoms with van der Waals surface area (Å²) < 4.78 is 3.86. The average molecular weight is 571 g/mol. The van der Waals surface area contributed by atoms with Crippen LogP contribution < -0.4 is 20.7 Å². The molecular weight excluding hydrogens is 512 g/mol. The molecule has 5 heterocycles. The summed E-state index contributed by atoms with van der Waals surface area (Å²) in [5.41, 5.74) is 3.06. The second-order valence-corrected chi connectivity index (χ2v) is 16.6. The van der Waals surface area contributed by atoms with Crippen molar-refractivity contribution in [2.45, 2.75) is 142 Å². The highest BCUT2D eigenvalue weighted by atomic mass is 32.2. The Labute approximate surface area is 249 Å². The summed E-state index contributed by atoms with van der Waals surface area (Å²) in [4.78, 5) is 7.89. The van der Waals surface area contributed by atoms with E-state index < -0.39 is 0 Å². The molecule has 4 aliphatic heterocycles. The van der Waals surface area contributed by atoms with Gasteiger partial charge in [0.1, 0.15) is 0 Å². The van der Waals surface area contributed by atoms with Crippen molar-refractivity contribution in [2.75, 3.05) is 13.1 Å². The lowest BCUT2D eigenvalue weighted by atomic mass is 9.78. The largest absolute Gasteiger partial charge is 0.298 e. The minimum Gasteiger partial charge on any atom is -0.298 e. The molecule has 5 rings (SSSR count). The third kappa shape index (κ3) is 7.62. The van der Waals surface area contributed by atoms with Crippen LogP contribution in [0.15, 0.2) is 18.3 Å². The van der Waals surface area contributed by atoms with Crippen LogP contribution in [0.4, 0.5) is 0 Å².